The van der Waals surface area contributed by atoms with Crippen molar-refractivity contribution in [3.8, 4) is 11.5 Å². The molecule has 0 aromatic heterocycles. The van der Waals surface area contributed by atoms with Crippen LogP contribution in [0.3, 0.4) is 0 Å². The molecular formula is C12H16N2O3. The Balaban J connectivity index is 2.15. The monoisotopic (exact) mass is 236 g/mol. The maximum absolute atomic E-state index is 10.5. The van der Waals surface area contributed by atoms with Gasteiger partial charge < -0.3 is 15.2 Å². The van der Waals surface area contributed by atoms with Gasteiger partial charge in [0, 0.05) is 25.2 Å². The molecule has 5 heteroatoms. The summed E-state index contributed by atoms with van der Waals surface area (Å²) in [6, 6.07) is 4.60. The van der Waals surface area contributed by atoms with E-state index in [1.807, 2.05) is 6.92 Å². The molecule has 2 rings (SSSR count). The molecule has 0 bridgehead atoms. The number of piperazine rings is 1. The molecule has 0 aliphatic carbocycles. The molecule has 0 spiro atoms. The fourth-order valence-electron chi connectivity index (χ4n) is 1.81. The molecule has 1 fully saturated rings. The van der Waals surface area contributed by atoms with Gasteiger partial charge in [-0.25, -0.2) is 0 Å². The van der Waals surface area contributed by atoms with Gasteiger partial charge in [-0.05, 0) is 25.1 Å². The molecule has 1 aliphatic rings. The lowest BCUT2D eigenvalue weighted by Gasteiger charge is -2.35. The number of hydrogen-bond acceptors (Lipinski definition) is 5. The molecule has 1 aromatic rings. The van der Waals surface area contributed by atoms with Crippen molar-refractivity contribution in [2.45, 2.75) is 12.6 Å². The Labute approximate surface area is 99.8 Å². The fourth-order valence-corrected chi connectivity index (χ4v) is 1.81. The average Bonchev–Trinajstić information content (AvgIpc) is 2.32. The molecule has 17 heavy (non-hydrogen) atoms. The topological polar surface area (TPSA) is 70.6 Å². The second kappa shape index (κ2) is 4.73. The van der Waals surface area contributed by atoms with Gasteiger partial charge in [0.2, 0.25) is 0 Å². The van der Waals surface area contributed by atoms with Crippen molar-refractivity contribution in [3.63, 3.8) is 0 Å². The Morgan fingerprint density at radius 1 is 1.47 bits per heavy atom. The van der Waals surface area contributed by atoms with E-state index in [2.05, 4.69) is 10.6 Å². The van der Waals surface area contributed by atoms with Gasteiger partial charge in [0.15, 0.2) is 17.2 Å². The predicted molar refractivity (Wildman–Crippen MR) is 63.4 cm³/mol. The third-order valence-electron chi connectivity index (χ3n) is 2.72. The summed E-state index contributed by atoms with van der Waals surface area (Å²) in [5, 5.41) is 16.2. The first-order valence-electron chi connectivity index (χ1n) is 5.56. The van der Waals surface area contributed by atoms with Crippen molar-refractivity contribution < 1.29 is 14.6 Å². The fraction of sp³-hybridized carbons (Fsp3) is 0.417. The average molecular weight is 236 g/mol. The summed E-state index contributed by atoms with van der Waals surface area (Å²) in [4.78, 5) is 10.5. The molecule has 0 saturated carbocycles. The lowest BCUT2D eigenvalue weighted by Crippen LogP contribution is -2.60. The number of ether oxygens (including phenoxy) is 1. The lowest BCUT2D eigenvalue weighted by atomic mass is 10.2. The second-order valence-corrected chi connectivity index (χ2v) is 4.28. The zero-order chi connectivity index (χ0) is 12.3. The summed E-state index contributed by atoms with van der Waals surface area (Å²) in [7, 11) is 0. The van der Waals surface area contributed by atoms with Crippen molar-refractivity contribution in [2.24, 2.45) is 0 Å². The van der Waals surface area contributed by atoms with E-state index < -0.39 is 5.72 Å². The van der Waals surface area contributed by atoms with Gasteiger partial charge >= 0.3 is 0 Å². The molecular weight excluding hydrogens is 220 g/mol. The number of rotatable bonds is 3. The molecule has 0 unspecified atom stereocenters. The van der Waals surface area contributed by atoms with Crippen LogP contribution in [-0.4, -0.2) is 36.8 Å². The van der Waals surface area contributed by atoms with E-state index in [0.29, 0.717) is 24.1 Å². The Hall–Kier alpha value is -1.59. The number of aromatic hydroxyl groups is 1. The number of carbonyl (C=O) groups excluding carboxylic acids is 1. The third-order valence-corrected chi connectivity index (χ3v) is 2.72. The number of carbonyl (C=O) groups is 1. The first kappa shape index (κ1) is 11.9. The van der Waals surface area contributed by atoms with E-state index in [0.717, 1.165) is 13.1 Å². The van der Waals surface area contributed by atoms with Crippen molar-refractivity contribution in [1.82, 2.24) is 10.6 Å². The summed E-state index contributed by atoms with van der Waals surface area (Å²) < 4.78 is 5.73. The lowest BCUT2D eigenvalue weighted by molar-refractivity contribution is 0.0356. The van der Waals surface area contributed by atoms with Gasteiger partial charge in [-0.3, -0.25) is 10.1 Å². The van der Waals surface area contributed by atoms with Crippen molar-refractivity contribution in [2.75, 3.05) is 19.6 Å². The SMILES string of the molecule is C[C@@]1(Oc2ccc(C=O)cc2O)CNCCN1. The largest absolute Gasteiger partial charge is 0.504 e. The highest BCUT2D eigenvalue weighted by Crippen LogP contribution is 2.29. The minimum atomic E-state index is -0.543. The predicted octanol–water partition coefficient (Wildman–Crippen LogP) is 0.493. The van der Waals surface area contributed by atoms with E-state index in [9.17, 15) is 9.90 Å². The molecule has 1 saturated heterocycles. The smallest absolute Gasteiger partial charge is 0.170 e. The van der Waals surface area contributed by atoms with Crippen LogP contribution in [0.25, 0.3) is 0 Å². The summed E-state index contributed by atoms with van der Waals surface area (Å²) in [5.41, 5.74) is -0.118. The van der Waals surface area contributed by atoms with Gasteiger partial charge in [-0.15, -0.1) is 0 Å². The van der Waals surface area contributed by atoms with E-state index in [4.69, 9.17) is 4.74 Å². The molecule has 1 heterocycles. The molecule has 0 amide bonds. The standard InChI is InChI=1S/C12H16N2O3/c1-12(8-13-4-5-14-12)17-11-3-2-9(7-15)6-10(11)16/h2-3,6-7,13-14,16H,4-5,8H2,1H3/t12-/m1/s1. The molecule has 3 N–H and O–H groups in total. The van der Waals surface area contributed by atoms with Crippen molar-refractivity contribution >= 4 is 6.29 Å². The van der Waals surface area contributed by atoms with Gasteiger partial charge in [0.05, 0.1) is 0 Å². The molecule has 1 atom stereocenters. The number of phenols is 1. The van der Waals surface area contributed by atoms with Crippen LogP contribution in [0.15, 0.2) is 18.2 Å². The Morgan fingerprint density at radius 3 is 2.88 bits per heavy atom. The summed E-state index contributed by atoms with van der Waals surface area (Å²) in [6.07, 6.45) is 0.686. The van der Waals surface area contributed by atoms with Gasteiger partial charge in [0.1, 0.15) is 6.29 Å². The van der Waals surface area contributed by atoms with E-state index in [1.54, 1.807) is 12.1 Å². The Morgan fingerprint density at radius 2 is 2.29 bits per heavy atom. The highest BCUT2D eigenvalue weighted by Gasteiger charge is 2.28. The zero-order valence-electron chi connectivity index (χ0n) is 9.69. The minimum Gasteiger partial charge on any atom is -0.504 e. The van der Waals surface area contributed by atoms with Gasteiger partial charge in [-0.1, -0.05) is 0 Å². The zero-order valence-corrected chi connectivity index (χ0v) is 9.69. The third kappa shape index (κ3) is 2.75. The number of hydrogen-bond donors (Lipinski definition) is 3. The highest BCUT2D eigenvalue weighted by atomic mass is 16.5. The number of benzene rings is 1. The van der Waals surface area contributed by atoms with Crippen LogP contribution in [0.1, 0.15) is 17.3 Å². The molecule has 1 aliphatic heterocycles. The minimum absolute atomic E-state index is 0.0248. The van der Waals surface area contributed by atoms with E-state index in [-0.39, 0.29) is 5.75 Å². The van der Waals surface area contributed by atoms with E-state index in [1.165, 1.54) is 6.07 Å². The second-order valence-electron chi connectivity index (χ2n) is 4.28. The molecule has 5 nitrogen and oxygen atoms in total. The van der Waals surface area contributed by atoms with Crippen molar-refractivity contribution in [1.29, 1.82) is 0 Å². The van der Waals surface area contributed by atoms with E-state index >= 15 is 0 Å². The molecule has 92 valence electrons. The molecule has 0 radical (unpaired) electrons. The number of nitrogens with one attached hydrogen (secondary N) is 2. The summed E-state index contributed by atoms with van der Waals surface area (Å²) >= 11 is 0. The van der Waals surface area contributed by atoms with Gasteiger partial charge in [-0.2, -0.15) is 0 Å². The van der Waals surface area contributed by atoms with Crippen LogP contribution in [0, 0.1) is 0 Å². The van der Waals surface area contributed by atoms with Gasteiger partial charge in [0.25, 0.3) is 0 Å². The first-order chi connectivity index (χ1) is 8.13. The van der Waals surface area contributed by atoms with Crippen LogP contribution < -0.4 is 15.4 Å². The highest BCUT2D eigenvalue weighted by molar-refractivity contribution is 5.76. The quantitative estimate of drug-likeness (QED) is 0.666. The Kier molecular flexibility index (Phi) is 3.31. The van der Waals surface area contributed by atoms with Crippen LogP contribution in [0.2, 0.25) is 0 Å². The number of aldehydes is 1. The maximum atomic E-state index is 10.5. The number of phenolic OH excluding ortho intramolecular Hbond substituents is 1. The van der Waals surface area contributed by atoms with Crippen LogP contribution in [-0.2, 0) is 0 Å². The normalized spacial score (nSPS) is 24.3. The summed E-state index contributed by atoms with van der Waals surface area (Å²) in [6.45, 7) is 4.27. The summed E-state index contributed by atoms with van der Waals surface area (Å²) in [5.74, 6) is 0.345. The Bertz CT molecular complexity index is 414. The van der Waals surface area contributed by atoms with Crippen LogP contribution in [0.5, 0.6) is 11.5 Å². The maximum Gasteiger partial charge on any atom is 0.170 e. The van der Waals surface area contributed by atoms with Crippen molar-refractivity contribution in [3.05, 3.63) is 23.8 Å². The molecule has 1 aromatic carbocycles. The van der Waals surface area contributed by atoms with Crippen LogP contribution >= 0.6 is 0 Å². The van der Waals surface area contributed by atoms with Crippen LogP contribution in [0.4, 0.5) is 0 Å². The first-order valence-corrected chi connectivity index (χ1v) is 5.56.